The van der Waals surface area contributed by atoms with Crippen LogP contribution >= 0.6 is 0 Å². The van der Waals surface area contributed by atoms with Gasteiger partial charge in [-0.05, 0) is 31.4 Å². The summed E-state index contributed by atoms with van der Waals surface area (Å²) in [4.78, 5) is 9.08. The van der Waals surface area contributed by atoms with Crippen molar-refractivity contribution in [1.82, 2.24) is 20.1 Å². The maximum atomic E-state index is 5.84. The second kappa shape index (κ2) is 6.86. The number of aromatic nitrogens is 3. The van der Waals surface area contributed by atoms with E-state index in [1.165, 1.54) is 0 Å². The van der Waals surface area contributed by atoms with Crippen molar-refractivity contribution in [3.05, 3.63) is 23.9 Å². The van der Waals surface area contributed by atoms with Crippen molar-refractivity contribution < 1.29 is 9.15 Å². The lowest BCUT2D eigenvalue weighted by molar-refractivity contribution is 0.0113. The number of aryl methyl sites for hydroxylation is 1. The molecular weight excluding hydrogens is 306 g/mol. The lowest BCUT2D eigenvalue weighted by Gasteiger charge is -2.39. The van der Waals surface area contributed by atoms with Crippen LogP contribution in [0.3, 0.4) is 0 Å². The lowest BCUT2D eigenvalue weighted by Crippen LogP contribution is -2.49. The van der Waals surface area contributed by atoms with E-state index in [1.807, 2.05) is 25.3 Å². The zero-order valence-corrected chi connectivity index (χ0v) is 14.0. The molecule has 2 aromatic heterocycles. The van der Waals surface area contributed by atoms with Crippen LogP contribution in [0.5, 0.6) is 0 Å². The van der Waals surface area contributed by atoms with Crippen LogP contribution in [-0.2, 0) is 4.74 Å². The molecule has 2 saturated heterocycles. The van der Waals surface area contributed by atoms with Gasteiger partial charge in [0.25, 0.3) is 5.89 Å². The third-order valence-electron chi connectivity index (χ3n) is 4.84. The zero-order valence-electron chi connectivity index (χ0n) is 14.0. The maximum Gasteiger partial charge on any atom is 0.318 e. The van der Waals surface area contributed by atoms with E-state index in [2.05, 4.69) is 25.0 Å². The Bertz CT molecular complexity index is 658. The Morgan fingerprint density at radius 3 is 2.54 bits per heavy atom. The molecule has 24 heavy (non-hydrogen) atoms. The molecule has 0 amide bonds. The van der Waals surface area contributed by atoms with Gasteiger partial charge >= 0.3 is 6.01 Å². The van der Waals surface area contributed by atoms with Crippen molar-refractivity contribution in [2.45, 2.75) is 25.8 Å². The van der Waals surface area contributed by atoms with Gasteiger partial charge in [-0.3, -0.25) is 9.88 Å². The second-order valence-corrected chi connectivity index (χ2v) is 6.48. The predicted molar refractivity (Wildman–Crippen MR) is 89.9 cm³/mol. The molecule has 128 valence electrons. The molecule has 7 heteroatoms. The largest absolute Gasteiger partial charge is 0.402 e. The van der Waals surface area contributed by atoms with E-state index in [4.69, 9.17) is 9.15 Å². The van der Waals surface area contributed by atoms with Crippen molar-refractivity contribution in [2.75, 3.05) is 44.3 Å². The number of anilines is 1. The fourth-order valence-corrected chi connectivity index (χ4v) is 3.41. The first-order chi connectivity index (χ1) is 11.8. The van der Waals surface area contributed by atoms with Crippen LogP contribution in [-0.4, -0.2) is 65.5 Å². The smallest absolute Gasteiger partial charge is 0.318 e. The number of piperidine rings is 1. The summed E-state index contributed by atoms with van der Waals surface area (Å²) in [5.74, 6) is 0.486. The highest BCUT2D eigenvalue weighted by molar-refractivity contribution is 5.47. The number of hydrogen-bond acceptors (Lipinski definition) is 7. The highest BCUT2D eigenvalue weighted by Crippen LogP contribution is 2.25. The first-order valence-corrected chi connectivity index (χ1v) is 8.63. The third kappa shape index (κ3) is 3.27. The molecule has 0 aromatic carbocycles. The van der Waals surface area contributed by atoms with E-state index in [-0.39, 0.29) is 0 Å². The van der Waals surface area contributed by atoms with Gasteiger partial charge in [-0.2, -0.15) is 0 Å². The van der Waals surface area contributed by atoms with Gasteiger partial charge in [0.1, 0.15) is 5.69 Å². The number of rotatable bonds is 3. The summed E-state index contributed by atoms with van der Waals surface area (Å²) in [6.07, 6.45) is 4.06. The fraction of sp³-hybridized carbons (Fsp3) is 0.588. The molecule has 0 N–H and O–H groups in total. The summed E-state index contributed by atoms with van der Waals surface area (Å²) >= 11 is 0. The second-order valence-electron chi connectivity index (χ2n) is 6.48. The Balaban J connectivity index is 1.38. The van der Waals surface area contributed by atoms with Crippen molar-refractivity contribution in [3.8, 4) is 11.6 Å². The monoisotopic (exact) mass is 329 g/mol. The van der Waals surface area contributed by atoms with Gasteiger partial charge < -0.3 is 14.1 Å². The Hall–Kier alpha value is -1.99. The van der Waals surface area contributed by atoms with Crippen LogP contribution < -0.4 is 4.90 Å². The molecule has 2 aliphatic rings. The minimum absolute atomic E-state index is 0.486. The van der Waals surface area contributed by atoms with Crippen molar-refractivity contribution in [3.63, 3.8) is 0 Å². The van der Waals surface area contributed by atoms with Crippen LogP contribution in [0, 0.1) is 6.92 Å². The normalized spacial score (nSPS) is 20.5. The first-order valence-electron chi connectivity index (χ1n) is 8.63. The third-order valence-corrected chi connectivity index (χ3v) is 4.84. The molecule has 0 radical (unpaired) electrons. The molecule has 2 fully saturated rings. The van der Waals surface area contributed by atoms with E-state index >= 15 is 0 Å². The molecular formula is C17H23N5O2. The summed E-state index contributed by atoms with van der Waals surface area (Å²) in [5, 5.41) is 8.36. The zero-order chi connectivity index (χ0) is 16.4. The van der Waals surface area contributed by atoms with Gasteiger partial charge in [0.2, 0.25) is 0 Å². The van der Waals surface area contributed by atoms with E-state index in [1.54, 1.807) is 0 Å². The van der Waals surface area contributed by atoms with E-state index in [9.17, 15) is 0 Å². The molecule has 0 saturated carbocycles. The van der Waals surface area contributed by atoms with Gasteiger partial charge in [-0.15, -0.1) is 5.10 Å². The SMILES string of the molecule is Cc1ccc(-c2nnc(N3CCC(N4CCOCC4)CC3)o2)nc1. The van der Waals surface area contributed by atoms with Crippen LogP contribution in [0.15, 0.2) is 22.7 Å². The van der Waals surface area contributed by atoms with Crippen molar-refractivity contribution >= 4 is 6.01 Å². The van der Waals surface area contributed by atoms with Crippen LogP contribution in [0.25, 0.3) is 11.6 Å². The summed E-state index contributed by atoms with van der Waals surface area (Å²) in [7, 11) is 0. The van der Waals surface area contributed by atoms with Crippen LogP contribution in [0.1, 0.15) is 18.4 Å². The molecule has 4 heterocycles. The molecule has 0 spiro atoms. The molecule has 2 aromatic rings. The number of nitrogens with zero attached hydrogens (tertiary/aromatic N) is 5. The summed E-state index contributed by atoms with van der Waals surface area (Å²) in [6, 6.07) is 5.16. The molecule has 0 unspecified atom stereocenters. The number of hydrogen-bond donors (Lipinski definition) is 0. The number of ether oxygens (including phenoxy) is 1. The van der Waals surface area contributed by atoms with Crippen LogP contribution in [0.4, 0.5) is 6.01 Å². The minimum atomic E-state index is 0.486. The number of morpholine rings is 1. The van der Waals surface area contributed by atoms with E-state index < -0.39 is 0 Å². The van der Waals surface area contributed by atoms with Gasteiger partial charge in [0.15, 0.2) is 0 Å². The van der Waals surface area contributed by atoms with Crippen molar-refractivity contribution in [2.24, 2.45) is 0 Å². The highest BCUT2D eigenvalue weighted by Gasteiger charge is 2.28. The molecule has 0 bridgehead atoms. The quantitative estimate of drug-likeness (QED) is 0.849. The van der Waals surface area contributed by atoms with Gasteiger partial charge in [-0.1, -0.05) is 11.2 Å². The maximum absolute atomic E-state index is 5.84. The number of pyridine rings is 1. The van der Waals surface area contributed by atoms with Gasteiger partial charge in [0, 0.05) is 38.4 Å². The van der Waals surface area contributed by atoms with Crippen molar-refractivity contribution in [1.29, 1.82) is 0 Å². The average Bonchev–Trinajstić information content (AvgIpc) is 3.13. The Kier molecular flexibility index (Phi) is 4.44. The fourth-order valence-electron chi connectivity index (χ4n) is 3.41. The minimum Gasteiger partial charge on any atom is -0.402 e. The average molecular weight is 329 g/mol. The standard InChI is InChI=1S/C17H23N5O2/c1-13-2-3-15(18-12-13)16-19-20-17(24-16)22-6-4-14(5-7-22)21-8-10-23-11-9-21/h2-3,12,14H,4-11H2,1H3. The van der Waals surface area contributed by atoms with E-state index in [0.29, 0.717) is 17.9 Å². The molecule has 0 aliphatic carbocycles. The summed E-state index contributed by atoms with van der Waals surface area (Å²) in [5.41, 5.74) is 1.84. The van der Waals surface area contributed by atoms with E-state index in [0.717, 1.165) is 63.5 Å². The lowest BCUT2D eigenvalue weighted by atomic mass is 10.0. The van der Waals surface area contributed by atoms with Gasteiger partial charge in [-0.25, -0.2) is 0 Å². The molecule has 7 nitrogen and oxygen atoms in total. The predicted octanol–water partition coefficient (Wildman–Crippen LogP) is 1.74. The molecule has 2 aliphatic heterocycles. The molecule has 0 atom stereocenters. The Labute approximate surface area is 141 Å². The van der Waals surface area contributed by atoms with Gasteiger partial charge in [0.05, 0.1) is 13.2 Å². The molecule has 4 rings (SSSR count). The van der Waals surface area contributed by atoms with Crippen LogP contribution in [0.2, 0.25) is 0 Å². The summed E-state index contributed by atoms with van der Waals surface area (Å²) in [6.45, 7) is 7.72. The highest BCUT2D eigenvalue weighted by atomic mass is 16.5. The topological polar surface area (TPSA) is 67.5 Å². The first kappa shape index (κ1) is 15.5. The Morgan fingerprint density at radius 1 is 1.04 bits per heavy atom. The Morgan fingerprint density at radius 2 is 1.83 bits per heavy atom. The summed E-state index contributed by atoms with van der Waals surface area (Å²) < 4.78 is 11.3.